The molecule has 2 amide bonds. The van der Waals surface area contributed by atoms with Gasteiger partial charge >= 0.3 is 16.2 Å². The van der Waals surface area contributed by atoms with Gasteiger partial charge in [-0.1, -0.05) is 6.07 Å². The first kappa shape index (κ1) is 22.7. The molecule has 2 aliphatic carbocycles. The molecule has 0 bridgehead atoms. The van der Waals surface area contributed by atoms with E-state index >= 15 is 0 Å². The Kier molecular flexibility index (Phi) is 6.13. The second-order valence-electron chi connectivity index (χ2n) is 8.70. The SMILES string of the molecule is O=C(Nc1c2c(cc3c1CCC3)CCC2)[NH+]([O-])S(=O)(=O)N(c1ccc(Cl)o1)C1CCOCC1. The van der Waals surface area contributed by atoms with Gasteiger partial charge < -0.3 is 14.4 Å². The number of benzene rings is 1. The Bertz CT molecular complexity index is 1140. The van der Waals surface area contributed by atoms with Crippen molar-refractivity contribution in [1.82, 2.24) is 0 Å². The Morgan fingerprint density at radius 3 is 2.30 bits per heavy atom. The van der Waals surface area contributed by atoms with E-state index in [1.165, 1.54) is 23.3 Å². The monoisotopic (exact) mass is 495 g/mol. The molecule has 9 nitrogen and oxygen atoms in total. The zero-order valence-electron chi connectivity index (χ0n) is 18.1. The third kappa shape index (κ3) is 4.15. The van der Waals surface area contributed by atoms with E-state index in [9.17, 15) is 18.4 Å². The molecule has 1 aromatic carbocycles. The summed E-state index contributed by atoms with van der Waals surface area (Å²) in [6.45, 7) is 0.682. The average molecular weight is 496 g/mol. The van der Waals surface area contributed by atoms with Gasteiger partial charge in [-0.3, -0.25) is 5.32 Å². The van der Waals surface area contributed by atoms with E-state index in [0.29, 0.717) is 31.7 Å². The van der Waals surface area contributed by atoms with Crippen molar-refractivity contribution in [2.75, 3.05) is 22.8 Å². The van der Waals surface area contributed by atoms with Crippen molar-refractivity contribution in [3.05, 3.63) is 50.9 Å². The molecule has 0 spiro atoms. The predicted octanol–water partition coefficient (Wildman–Crippen LogP) is 2.76. The molecule has 2 heterocycles. The maximum absolute atomic E-state index is 13.4. The van der Waals surface area contributed by atoms with Crippen molar-refractivity contribution < 1.29 is 26.8 Å². The van der Waals surface area contributed by atoms with Gasteiger partial charge in [-0.25, -0.2) is 4.79 Å². The van der Waals surface area contributed by atoms with Crippen LogP contribution in [0.1, 0.15) is 47.9 Å². The van der Waals surface area contributed by atoms with Crippen LogP contribution in [0, 0.1) is 5.21 Å². The number of halogens is 1. The molecule has 2 N–H and O–H groups in total. The number of anilines is 2. The normalized spacial score (nSPS) is 19.2. The fourth-order valence-electron chi connectivity index (χ4n) is 5.18. The molecule has 1 aliphatic heterocycles. The minimum atomic E-state index is -4.71. The van der Waals surface area contributed by atoms with Crippen LogP contribution in [-0.2, 0) is 40.6 Å². The maximum atomic E-state index is 13.4. The molecule has 33 heavy (non-hydrogen) atoms. The number of rotatable bonds is 5. The maximum Gasteiger partial charge on any atom is 0.436 e. The van der Waals surface area contributed by atoms with Gasteiger partial charge in [-0.15, -0.1) is 0 Å². The lowest BCUT2D eigenvalue weighted by molar-refractivity contribution is -0.604. The van der Waals surface area contributed by atoms with Gasteiger partial charge in [0.05, 0.1) is 11.7 Å². The minimum absolute atomic E-state index is 0.00966. The second-order valence-corrected chi connectivity index (χ2v) is 10.8. The molecule has 0 saturated carbocycles. The number of hydrogen-bond donors (Lipinski definition) is 2. The molecule has 1 saturated heterocycles. The van der Waals surface area contributed by atoms with E-state index in [1.54, 1.807) is 0 Å². The van der Waals surface area contributed by atoms with E-state index in [2.05, 4.69) is 11.4 Å². The Balaban J connectivity index is 1.45. The minimum Gasteiger partial charge on any atom is -0.608 e. The van der Waals surface area contributed by atoms with Gasteiger partial charge in [-0.2, -0.15) is 17.2 Å². The van der Waals surface area contributed by atoms with Crippen LogP contribution in [0.5, 0.6) is 0 Å². The first-order valence-corrected chi connectivity index (χ1v) is 13.1. The van der Waals surface area contributed by atoms with Gasteiger partial charge in [0.2, 0.25) is 5.88 Å². The fraction of sp³-hybridized carbons (Fsp3) is 0.500. The molecule has 0 radical (unpaired) electrons. The molecule has 11 heteroatoms. The van der Waals surface area contributed by atoms with Gasteiger partial charge in [0.25, 0.3) is 0 Å². The van der Waals surface area contributed by atoms with Crippen molar-refractivity contribution >= 4 is 39.4 Å². The standard InChI is InChI=1S/C22H26ClN3O6S/c23-19-7-8-20(32-19)25(16-9-11-31-12-10-16)33(29,30)26(28)22(27)24-21-17-5-1-3-14(17)13-15-4-2-6-18(15)21/h7-8,13,16,26H,1-6,9-12H2,(H,24,27). The van der Waals surface area contributed by atoms with Crippen molar-refractivity contribution in [2.45, 2.75) is 57.4 Å². The molecule has 1 unspecified atom stereocenters. The third-order valence-corrected chi connectivity index (χ3v) is 8.54. The Morgan fingerprint density at radius 2 is 1.73 bits per heavy atom. The largest absolute Gasteiger partial charge is 0.608 e. The topological polar surface area (TPSA) is 116 Å². The number of amides is 2. The van der Waals surface area contributed by atoms with Gasteiger partial charge in [0.1, 0.15) is 0 Å². The Morgan fingerprint density at radius 1 is 1.09 bits per heavy atom. The van der Waals surface area contributed by atoms with Crippen LogP contribution in [0.25, 0.3) is 0 Å². The molecule has 178 valence electrons. The number of nitrogens with zero attached hydrogens (tertiary/aromatic N) is 1. The number of nitrogens with one attached hydrogen (secondary N) is 2. The van der Waals surface area contributed by atoms with Crippen LogP contribution in [0.3, 0.4) is 0 Å². The molecule has 2 aromatic rings. The summed E-state index contributed by atoms with van der Waals surface area (Å²) in [4.78, 5) is 13.0. The van der Waals surface area contributed by atoms with Gasteiger partial charge in [-0.05, 0) is 91.3 Å². The number of carbonyl (C=O) groups is 1. The second kappa shape index (κ2) is 8.92. The lowest BCUT2D eigenvalue weighted by atomic mass is 9.99. The fourth-order valence-corrected chi connectivity index (χ4v) is 6.72. The highest BCUT2D eigenvalue weighted by Gasteiger charge is 2.41. The predicted molar refractivity (Wildman–Crippen MR) is 123 cm³/mol. The zero-order valence-corrected chi connectivity index (χ0v) is 19.6. The highest BCUT2D eigenvalue weighted by atomic mass is 35.5. The number of carbonyl (C=O) groups excluding carboxylic acids is 1. The number of urea groups is 1. The number of ether oxygens (including phenoxy) is 1. The molecule has 5 rings (SSSR count). The molecule has 1 aromatic heterocycles. The summed E-state index contributed by atoms with van der Waals surface area (Å²) in [5.41, 5.74) is 5.02. The van der Waals surface area contributed by atoms with Gasteiger partial charge in [0.15, 0.2) is 5.22 Å². The third-order valence-electron chi connectivity index (χ3n) is 6.69. The summed E-state index contributed by atoms with van der Waals surface area (Å²) < 4.78 is 36.9. The highest BCUT2D eigenvalue weighted by Crippen LogP contribution is 2.38. The summed E-state index contributed by atoms with van der Waals surface area (Å²) in [5, 5.41) is 15.8. The smallest absolute Gasteiger partial charge is 0.436 e. The molecular weight excluding hydrogens is 470 g/mol. The van der Waals surface area contributed by atoms with Gasteiger partial charge in [0, 0.05) is 19.3 Å². The number of aryl methyl sites for hydroxylation is 2. The summed E-state index contributed by atoms with van der Waals surface area (Å²) in [6, 6.07) is 3.26. The van der Waals surface area contributed by atoms with E-state index in [1.807, 2.05) is 0 Å². The molecule has 1 atom stereocenters. The molecular formula is C22H26ClN3O6S. The van der Waals surface area contributed by atoms with Crippen LogP contribution >= 0.6 is 11.6 Å². The number of hydroxylamine groups is 1. The van der Waals surface area contributed by atoms with Crippen molar-refractivity contribution in [1.29, 1.82) is 0 Å². The number of furan rings is 1. The lowest BCUT2D eigenvalue weighted by Gasteiger charge is -2.34. The summed E-state index contributed by atoms with van der Waals surface area (Å²) >= 11 is 5.87. The number of fused-ring (bicyclic) bond motifs is 2. The van der Waals surface area contributed by atoms with Crippen molar-refractivity contribution in [3.63, 3.8) is 0 Å². The van der Waals surface area contributed by atoms with E-state index < -0.39 is 26.8 Å². The van der Waals surface area contributed by atoms with E-state index in [-0.39, 0.29) is 11.1 Å². The average Bonchev–Trinajstić information content (AvgIpc) is 3.55. The zero-order chi connectivity index (χ0) is 23.2. The lowest BCUT2D eigenvalue weighted by Crippen LogP contribution is -3.14. The first-order valence-electron chi connectivity index (χ1n) is 11.3. The van der Waals surface area contributed by atoms with Crippen molar-refractivity contribution in [3.8, 4) is 0 Å². The first-order chi connectivity index (χ1) is 15.9. The van der Waals surface area contributed by atoms with Crippen LogP contribution in [0.4, 0.5) is 16.4 Å². The summed E-state index contributed by atoms with van der Waals surface area (Å²) in [5.74, 6) is -0.0884. The highest BCUT2D eigenvalue weighted by molar-refractivity contribution is 7.86. The molecule has 3 aliphatic rings. The van der Waals surface area contributed by atoms with Crippen LogP contribution < -0.4 is 14.1 Å². The van der Waals surface area contributed by atoms with Crippen LogP contribution in [-0.4, -0.2) is 33.7 Å². The summed E-state index contributed by atoms with van der Waals surface area (Å²) in [7, 11) is -4.71. The van der Waals surface area contributed by atoms with Crippen LogP contribution in [0.15, 0.2) is 22.6 Å². The molecule has 1 fully saturated rings. The van der Waals surface area contributed by atoms with E-state index in [4.69, 9.17) is 20.8 Å². The Labute approximate surface area is 197 Å². The van der Waals surface area contributed by atoms with Crippen molar-refractivity contribution in [2.24, 2.45) is 0 Å². The Hall–Kier alpha value is -2.11. The van der Waals surface area contributed by atoms with E-state index in [0.717, 1.165) is 54.0 Å². The number of quaternary nitrogens is 1. The van der Waals surface area contributed by atoms with Crippen LogP contribution in [0.2, 0.25) is 5.22 Å². The quantitative estimate of drug-likeness (QED) is 0.616. The summed E-state index contributed by atoms with van der Waals surface area (Å²) in [6.07, 6.45) is 6.14. The number of hydrogen-bond acceptors (Lipinski definition) is 6.